The molecule has 1 atom stereocenters. The minimum atomic E-state index is 0.148. The summed E-state index contributed by atoms with van der Waals surface area (Å²) in [7, 11) is 0. The Kier molecular flexibility index (Phi) is 5.41. The molecule has 1 aliphatic heterocycles. The van der Waals surface area contributed by atoms with Crippen molar-refractivity contribution in [3.05, 3.63) is 70.2 Å². The summed E-state index contributed by atoms with van der Waals surface area (Å²) in [5.74, 6) is 2.00. The van der Waals surface area contributed by atoms with E-state index in [0.29, 0.717) is 0 Å². The summed E-state index contributed by atoms with van der Waals surface area (Å²) in [6.45, 7) is 0.739. The van der Waals surface area contributed by atoms with Gasteiger partial charge in [-0.25, -0.2) is 0 Å². The van der Waals surface area contributed by atoms with Gasteiger partial charge in [-0.2, -0.15) is 0 Å². The van der Waals surface area contributed by atoms with Gasteiger partial charge in [-0.1, -0.05) is 23.7 Å². The molecule has 0 radical (unpaired) electrons. The lowest BCUT2D eigenvalue weighted by molar-refractivity contribution is -0.126. The number of furan rings is 1. The number of hydrogen-bond donors (Lipinski definition) is 0. The number of benzene rings is 1. The molecule has 2 aromatic rings. The molecule has 1 aromatic carbocycles. The van der Waals surface area contributed by atoms with Crippen LogP contribution in [0, 0.1) is 0 Å². The first kappa shape index (κ1) is 17.7. The summed E-state index contributed by atoms with van der Waals surface area (Å²) < 4.78 is 5.48. The van der Waals surface area contributed by atoms with Crippen LogP contribution in [0.3, 0.4) is 0 Å². The van der Waals surface area contributed by atoms with Crippen LogP contribution in [0.15, 0.2) is 58.2 Å². The fourth-order valence-corrected chi connectivity index (χ4v) is 5.23. The summed E-state index contributed by atoms with van der Waals surface area (Å²) in [6, 6.07) is 11.8. The lowest BCUT2D eigenvalue weighted by atomic mass is 9.94. The quantitative estimate of drug-likeness (QED) is 0.661. The standard InChI is InChI=1S/C21H22ClNO2S/c22-16-9-7-15(8-10-16)11-12-23-20(24)18-5-1-2-6-19(18)21(23)26-14-17-4-3-13-25-17/h3-4,7-10,13,21H,1-2,5-6,11-12,14H2/t21-/m1/s1. The van der Waals surface area contributed by atoms with Crippen molar-refractivity contribution >= 4 is 29.3 Å². The van der Waals surface area contributed by atoms with Gasteiger partial charge in [-0.3, -0.25) is 4.79 Å². The summed E-state index contributed by atoms with van der Waals surface area (Å²) >= 11 is 7.78. The Morgan fingerprint density at radius 3 is 2.73 bits per heavy atom. The monoisotopic (exact) mass is 387 g/mol. The van der Waals surface area contributed by atoms with Crippen LogP contribution in [0.2, 0.25) is 5.02 Å². The first-order valence-electron chi connectivity index (χ1n) is 9.13. The lowest BCUT2D eigenvalue weighted by Gasteiger charge is -2.27. The average molecular weight is 388 g/mol. The third-order valence-corrected chi connectivity index (χ3v) is 6.69. The second-order valence-corrected chi connectivity index (χ2v) is 8.33. The molecule has 0 saturated heterocycles. The predicted octanol–water partition coefficient (Wildman–Crippen LogP) is 5.45. The zero-order valence-electron chi connectivity index (χ0n) is 14.6. The first-order valence-corrected chi connectivity index (χ1v) is 10.6. The van der Waals surface area contributed by atoms with Gasteiger partial charge in [-0.15, -0.1) is 11.8 Å². The number of carbonyl (C=O) groups excluding carboxylic acids is 1. The summed E-state index contributed by atoms with van der Waals surface area (Å²) in [4.78, 5) is 15.1. The largest absolute Gasteiger partial charge is 0.468 e. The van der Waals surface area contributed by atoms with E-state index < -0.39 is 0 Å². The van der Waals surface area contributed by atoms with Gasteiger partial charge in [-0.05, 0) is 67.5 Å². The molecule has 26 heavy (non-hydrogen) atoms. The van der Waals surface area contributed by atoms with Gasteiger partial charge >= 0.3 is 0 Å². The molecule has 0 fully saturated rings. The Bertz CT molecular complexity index is 798. The molecule has 2 heterocycles. The van der Waals surface area contributed by atoms with Gasteiger partial charge in [0.15, 0.2) is 0 Å². The summed E-state index contributed by atoms with van der Waals surface area (Å²) in [5.41, 5.74) is 3.64. The molecule has 1 amide bonds. The van der Waals surface area contributed by atoms with E-state index in [9.17, 15) is 4.79 Å². The van der Waals surface area contributed by atoms with Crippen molar-refractivity contribution in [2.24, 2.45) is 0 Å². The van der Waals surface area contributed by atoms with E-state index in [1.807, 2.05) is 48.2 Å². The Balaban J connectivity index is 1.48. The Morgan fingerprint density at radius 1 is 1.15 bits per heavy atom. The zero-order valence-corrected chi connectivity index (χ0v) is 16.2. The smallest absolute Gasteiger partial charge is 0.251 e. The minimum absolute atomic E-state index is 0.148. The molecule has 0 unspecified atom stereocenters. The van der Waals surface area contributed by atoms with Crippen LogP contribution in [0.5, 0.6) is 0 Å². The van der Waals surface area contributed by atoms with Crippen molar-refractivity contribution in [1.82, 2.24) is 4.90 Å². The number of thioether (sulfide) groups is 1. The van der Waals surface area contributed by atoms with E-state index in [0.717, 1.165) is 54.3 Å². The Labute approximate surface area is 163 Å². The fraction of sp³-hybridized carbons (Fsp3) is 0.381. The first-order chi connectivity index (χ1) is 12.7. The summed E-state index contributed by atoms with van der Waals surface area (Å²) in [5, 5.41) is 0.894. The lowest BCUT2D eigenvalue weighted by Crippen LogP contribution is -2.35. The molecule has 4 rings (SSSR count). The van der Waals surface area contributed by atoms with Crippen LogP contribution >= 0.6 is 23.4 Å². The van der Waals surface area contributed by atoms with Crippen LogP contribution in [0.4, 0.5) is 0 Å². The third-order valence-electron chi connectivity index (χ3n) is 5.13. The fourth-order valence-electron chi connectivity index (χ4n) is 3.78. The maximum Gasteiger partial charge on any atom is 0.251 e. The van der Waals surface area contributed by atoms with Crippen molar-refractivity contribution in [3.63, 3.8) is 0 Å². The van der Waals surface area contributed by atoms with Crippen molar-refractivity contribution in [2.45, 2.75) is 43.2 Å². The van der Waals surface area contributed by atoms with Crippen molar-refractivity contribution < 1.29 is 9.21 Å². The van der Waals surface area contributed by atoms with Crippen LogP contribution in [-0.2, 0) is 17.0 Å². The second kappa shape index (κ2) is 7.93. The van der Waals surface area contributed by atoms with Gasteiger partial charge in [0.05, 0.1) is 12.0 Å². The SMILES string of the molecule is O=C1C2=C(CCCC2)[C@@H](SCc2ccco2)N1CCc1ccc(Cl)cc1. The molecule has 0 saturated carbocycles. The molecule has 3 nitrogen and oxygen atoms in total. The molecule has 0 bridgehead atoms. The molecule has 1 aliphatic carbocycles. The maximum atomic E-state index is 13.0. The van der Waals surface area contributed by atoms with E-state index in [4.69, 9.17) is 16.0 Å². The van der Waals surface area contributed by atoms with Crippen molar-refractivity contribution in [2.75, 3.05) is 6.54 Å². The van der Waals surface area contributed by atoms with Crippen LogP contribution in [0.1, 0.15) is 37.0 Å². The van der Waals surface area contributed by atoms with E-state index >= 15 is 0 Å². The predicted molar refractivity (Wildman–Crippen MR) is 106 cm³/mol. The van der Waals surface area contributed by atoms with Gasteiger partial charge < -0.3 is 9.32 Å². The van der Waals surface area contributed by atoms with E-state index in [1.165, 1.54) is 17.6 Å². The number of hydrogen-bond acceptors (Lipinski definition) is 3. The van der Waals surface area contributed by atoms with Gasteiger partial charge in [0.1, 0.15) is 11.1 Å². The number of amides is 1. The zero-order chi connectivity index (χ0) is 17.9. The molecule has 136 valence electrons. The van der Waals surface area contributed by atoms with E-state index in [-0.39, 0.29) is 11.3 Å². The minimum Gasteiger partial charge on any atom is -0.468 e. The molecule has 5 heteroatoms. The summed E-state index contributed by atoms with van der Waals surface area (Å²) in [6.07, 6.45) is 6.86. The van der Waals surface area contributed by atoms with Gasteiger partial charge in [0.2, 0.25) is 0 Å². The average Bonchev–Trinajstić information content (AvgIpc) is 3.27. The molecular formula is C21H22ClNO2S. The number of halogens is 1. The van der Waals surface area contributed by atoms with E-state index in [2.05, 4.69) is 4.90 Å². The number of rotatable bonds is 6. The third kappa shape index (κ3) is 3.72. The van der Waals surface area contributed by atoms with Crippen molar-refractivity contribution in [3.8, 4) is 0 Å². The van der Waals surface area contributed by atoms with Crippen LogP contribution in [0.25, 0.3) is 0 Å². The normalized spacial score (nSPS) is 20.0. The van der Waals surface area contributed by atoms with Crippen LogP contribution < -0.4 is 0 Å². The Hall–Kier alpha value is -1.65. The van der Waals surface area contributed by atoms with Gasteiger partial charge in [0, 0.05) is 17.1 Å². The number of carbonyl (C=O) groups is 1. The Morgan fingerprint density at radius 2 is 1.96 bits per heavy atom. The van der Waals surface area contributed by atoms with Gasteiger partial charge in [0.25, 0.3) is 5.91 Å². The topological polar surface area (TPSA) is 33.5 Å². The van der Waals surface area contributed by atoms with Crippen molar-refractivity contribution in [1.29, 1.82) is 0 Å². The highest BCUT2D eigenvalue weighted by atomic mass is 35.5. The molecular weight excluding hydrogens is 366 g/mol. The highest BCUT2D eigenvalue weighted by molar-refractivity contribution is 7.99. The number of nitrogens with zero attached hydrogens (tertiary/aromatic N) is 1. The molecule has 0 N–H and O–H groups in total. The molecule has 2 aliphatic rings. The second-order valence-electron chi connectivity index (χ2n) is 6.83. The van der Waals surface area contributed by atoms with E-state index in [1.54, 1.807) is 6.26 Å². The maximum absolute atomic E-state index is 13.0. The highest BCUT2D eigenvalue weighted by Crippen LogP contribution is 2.42. The molecule has 1 aromatic heterocycles. The van der Waals surface area contributed by atoms with Crippen LogP contribution in [-0.4, -0.2) is 22.7 Å². The molecule has 0 spiro atoms. The highest BCUT2D eigenvalue weighted by Gasteiger charge is 2.39.